The van der Waals surface area contributed by atoms with Crippen molar-refractivity contribution in [2.75, 3.05) is 63.8 Å². The number of nitrogens with one attached hydrogen (secondary N) is 2. The van der Waals surface area contributed by atoms with Crippen LogP contribution in [0.25, 0.3) is 10.9 Å². The molecule has 3 aromatic rings. The number of rotatable bonds is 10. The molecule has 2 atom stereocenters. The van der Waals surface area contributed by atoms with Gasteiger partial charge in [0.1, 0.15) is 30.3 Å². The second-order valence-corrected chi connectivity index (χ2v) is 9.63. The number of nitrogens with zero attached hydrogens (tertiary/aromatic N) is 3. The number of ether oxygens (including phenoxy) is 4. The van der Waals surface area contributed by atoms with Crippen molar-refractivity contribution < 1.29 is 32.5 Å². The van der Waals surface area contributed by atoms with Gasteiger partial charge < -0.3 is 29.6 Å². The van der Waals surface area contributed by atoms with Gasteiger partial charge in [-0.1, -0.05) is 11.6 Å². The standard InChI is InChI=1S/C27H28ClF2N5O5/c1-37-6-7-38-23-12-21-17(26(32-15-31-21)33-16-2-3-19(29)18(28)10-16)11-22(23)34-27(36)20(30)4-5-35-13-24-25(14-35)40-9-8-39-24/h2-4,10-12,15,24-25H,5-9,13-14H2,1H3,(H,34,36)(H,31,32,33)/b20-4+/t24-,25+. The highest BCUT2D eigenvalue weighted by molar-refractivity contribution is 6.31. The fraction of sp³-hybridized carbons (Fsp3) is 0.370. The van der Waals surface area contributed by atoms with Crippen LogP contribution in [-0.4, -0.2) is 86.2 Å². The van der Waals surface area contributed by atoms with Crippen LogP contribution >= 0.6 is 11.6 Å². The Balaban J connectivity index is 1.36. The monoisotopic (exact) mass is 575 g/mol. The first kappa shape index (κ1) is 28.1. The Hall–Kier alpha value is -3.42. The van der Waals surface area contributed by atoms with Crippen LogP contribution in [0.3, 0.4) is 0 Å². The van der Waals surface area contributed by atoms with E-state index in [2.05, 4.69) is 20.6 Å². The van der Waals surface area contributed by atoms with Gasteiger partial charge in [0, 0.05) is 43.9 Å². The smallest absolute Gasteiger partial charge is 0.284 e. The van der Waals surface area contributed by atoms with Crippen molar-refractivity contribution in [1.29, 1.82) is 0 Å². The number of anilines is 3. The van der Waals surface area contributed by atoms with E-state index in [1.54, 1.807) is 12.1 Å². The fourth-order valence-corrected chi connectivity index (χ4v) is 4.70. The predicted octanol–water partition coefficient (Wildman–Crippen LogP) is 4.08. The van der Waals surface area contributed by atoms with Gasteiger partial charge in [-0.2, -0.15) is 0 Å². The first-order valence-electron chi connectivity index (χ1n) is 12.7. The molecular weight excluding hydrogens is 548 g/mol. The lowest BCUT2D eigenvalue weighted by Gasteiger charge is -2.24. The first-order chi connectivity index (χ1) is 19.4. The van der Waals surface area contributed by atoms with E-state index in [0.29, 0.717) is 55.3 Å². The van der Waals surface area contributed by atoms with Gasteiger partial charge in [0.2, 0.25) is 0 Å². The second kappa shape index (κ2) is 12.8. The summed E-state index contributed by atoms with van der Waals surface area (Å²) in [5, 5.41) is 6.11. The largest absolute Gasteiger partial charge is 0.489 e. The molecule has 2 fully saturated rings. The lowest BCUT2D eigenvalue weighted by atomic mass is 10.1. The molecule has 10 nitrogen and oxygen atoms in total. The van der Waals surface area contributed by atoms with Gasteiger partial charge in [-0.25, -0.2) is 18.7 Å². The molecule has 3 heterocycles. The number of carbonyl (C=O) groups is 1. The molecule has 2 aliphatic heterocycles. The molecule has 2 aromatic carbocycles. The Morgan fingerprint density at radius 2 is 1.95 bits per heavy atom. The molecule has 0 unspecified atom stereocenters. The Morgan fingerprint density at radius 1 is 1.18 bits per heavy atom. The number of benzene rings is 2. The maximum atomic E-state index is 14.9. The molecule has 0 saturated carbocycles. The summed E-state index contributed by atoms with van der Waals surface area (Å²) in [6, 6.07) is 7.35. The van der Waals surface area contributed by atoms with Crippen LogP contribution in [0.4, 0.5) is 26.0 Å². The van der Waals surface area contributed by atoms with E-state index in [1.165, 1.54) is 37.7 Å². The van der Waals surface area contributed by atoms with Crippen LogP contribution < -0.4 is 15.4 Å². The van der Waals surface area contributed by atoms with Gasteiger partial charge in [-0.05, 0) is 30.3 Å². The maximum absolute atomic E-state index is 14.9. The van der Waals surface area contributed by atoms with E-state index in [9.17, 15) is 13.6 Å². The minimum Gasteiger partial charge on any atom is -0.489 e. The predicted molar refractivity (Wildman–Crippen MR) is 145 cm³/mol. The number of methoxy groups -OCH3 is 1. The molecule has 0 spiro atoms. The minimum absolute atomic E-state index is 0.0422. The third kappa shape index (κ3) is 6.65. The SMILES string of the molecule is COCCOc1cc2ncnc(Nc3ccc(F)c(Cl)c3)c2cc1NC(=O)/C(F)=C\CN1C[C@@H]2OCCO[C@@H]2C1. The van der Waals surface area contributed by atoms with Crippen molar-refractivity contribution in [3.63, 3.8) is 0 Å². The lowest BCUT2D eigenvalue weighted by molar-refractivity contribution is -0.116. The van der Waals surface area contributed by atoms with Crippen molar-refractivity contribution in [1.82, 2.24) is 14.9 Å². The molecular formula is C27H28ClF2N5O5. The normalized spacial score (nSPS) is 19.4. The number of carbonyl (C=O) groups excluding carboxylic acids is 1. The average molecular weight is 576 g/mol. The van der Waals surface area contributed by atoms with Crippen LogP contribution in [0, 0.1) is 5.82 Å². The number of amides is 1. The Kier molecular flexibility index (Phi) is 9.02. The molecule has 2 aliphatic rings. The van der Waals surface area contributed by atoms with Gasteiger partial charge in [-0.3, -0.25) is 9.69 Å². The van der Waals surface area contributed by atoms with E-state index < -0.39 is 17.6 Å². The summed E-state index contributed by atoms with van der Waals surface area (Å²) in [6.45, 7) is 3.02. The topological polar surface area (TPSA) is 107 Å². The number of hydrogen-bond acceptors (Lipinski definition) is 9. The number of likely N-dealkylation sites (tertiary alicyclic amines) is 1. The third-order valence-electron chi connectivity index (χ3n) is 6.50. The van der Waals surface area contributed by atoms with Crippen LogP contribution in [0.5, 0.6) is 5.75 Å². The molecule has 2 saturated heterocycles. The number of halogens is 3. The summed E-state index contributed by atoms with van der Waals surface area (Å²) in [4.78, 5) is 23.4. The summed E-state index contributed by atoms with van der Waals surface area (Å²) in [5.41, 5.74) is 1.19. The molecule has 1 amide bonds. The average Bonchev–Trinajstić information content (AvgIpc) is 3.37. The molecule has 40 heavy (non-hydrogen) atoms. The fourth-order valence-electron chi connectivity index (χ4n) is 4.52. The summed E-state index contributed by atoms with van der Waals surface area (Å²) < 4.78 is 50.8. The number of aromatic nitrogens is 2. The van der Waals surface area contributed by atoms with E-state index in [0.717, 1.165) is 0 Å². The van der Waals surface area contributed by atoms with E-state index >= 15 is 0 Å². The Morgan fingerprint density at radius 3 is 2.67 bits per heavy atom. The Bertz CT molecular complexity index is 1400. The molecule has 1 aromatic heterocycles. The molecule has 0 bridgehead atoms. The Labute approximate surface area is 234 Å². The quantitative estimate of drug-likeness (QED) is 0.273. The zero-order valence-corrected chi connectivity index (χ0v) is 22.4. The first-order valence-corrected chi connectivity index (χ1v) is 13.0. The van der Waals surface area contributed by atoms with Crippen molar-refractivity contribution >= 4 is 45.6 Å². The van der Waals surface area contributed by atoms with E-state index in [4.69, 9.17) is 30.5 Å². The van der Waals surface area contributed by atoms with Crippen molar-refractivity contribution in [2.24, 2.45) is 0 Å². The van der Waals surface area contributed by atoms with Gasteiger partial charge in [0.05, 0.1) is 48.3 Å². The lowest BCUT2D eigenvalue weighted by Crippen LogP contribution is -2.36. The van der Waals surface area contributed by atoms with Gasteiger partial charge in [0.25, 0.3) is 5.91 Å². The molecule has 212 valence electrons. The zero-order chi connectivity index (χ0) is 28.1. The second-order valence-electron chi connectivity index (χ2n) is 9.23. The molecule has 0 aliphatic carbocycles. The van der Waals surface area contributed by atoms with Crippen molar-refractivity contribution in [2.45, 2.75) is 12.2 Å². The van der Waals surface area contributed by atoms with Gasteiger partial charge in [-0.15, -0.1) is 0 Å². The van der Waals surface area contributed by atoms with E-state index in [-0.39, 0.29) is 41.8 Å². The van der Waals surface area contributed by atoms with Crippen LogP contribution in [-0.2, 0) is 19.0 Å². The molecule has 0 radical (unpaired) electrons. The molecule has 2 N–H and O–H groups in total. The third-order valence-corrected chi connectivity index (χ3v) is 6.79. The molecule has 5 rings (SSSR count). The molecule has 13 heteroatoms. The summed E-state index contributed by atoms with van der Waals surface area (Å²) in [6.07, 6.45) is 2.49. The van der Waals surface area contributed by atoms with Gasteiger partial charge in [0.15, 0.2) is 5.83 Å². The van der Waals surface area contributed by atoms with Crippen LogP contribution in [0.2, 0.25) is 5.02 Å². The van der Waals surface area contributed by atoms with Crippen LogP contribution in [0.15, 0.2) is 48.6 Å². The summed E-state index contributed by atoms with van der Waals surface area (Å²) in [5.74, 6) is -1.79. The number of fused-ring (bicyclic) bond motifs is 2. The van der Waals surface area contributed by atoms with Crippen molar-refractivity contribution in [3.05, 3.63) is 59.4 Å². The van der Waals surface area contributed by atoms with Crippen molar-refractivity contribution in [3.8, 4) is 5.75 Å². The van der Waals surface area contributed by atoms with Crippen LogP contribution in [0.1, 0.15) is 0 Å². The maximum Gasteiger partial charge on any atom is 0.284 e. The summed E-state index contributed by atoms with van der Waals surface area (Å²) >= 11 is 5.91. The highest BCUT2D eigenvalue weighted by Gasteiger charge is 2.36. The summed E-state index contributed by atoms with van der Waals surface area (Å²) in [7, 11) is 1.53. The highest BCUT2D eigenvalue weighted by Crippen LogP contribution is 2.34. The van der Waals surface area contributed by atoms with E-state index in [1.807, 2.05) is 4.90 Å². The minimum atomic E-state index is -0.941. The zero-order valence-electron chi connectivity index (χ0n) is 21.7. The highest BCUT2D eigenvalue weighted by atomic mass is 35.5. The number of hydrogen-bond donors (Lipinski definition) is 2. The van der Waals surface area contributed by atoms with Gasteiger partial charge >= 0.3 is 0 Å².